The first-order chi connectivity index (χ1) is 11.8. The number of hydrogen-bond acceptors (Lipinski definition) is 7. The van der Waals surface area contributed by atoms with Crippen molar-refractivity contribution in [3.8, 4) is 5.75 Å². The number of carbonyl (C=O) groups is 1. The maximum atomic E-state index is 12.0. The van der Waals surface area contributed by atoms with E-state index in [9.17, 15) is 9.90 Å². The van der Waals surface area contributed by atoms with E-state index in [-0.39, 0.29) is 12.4 Å². The van der Waals surface area contributed by atoms with Crippen LogP contribution in [-0.2, 0) is 11.2 Å². The quantitative estimate of drug-likeness (QED) is 0.481. The van der Waals surface area contributed by atoms with Gasteiger partial charge in [-0.25, -0.2) is 15.6 Å². The van der Waals surface area contributed by atoms with E-state index in [2.05, 4.69) is 11.9 Å². The van der Waals surface area contributed by atoms with Gasteiger partial charge in [-0.2, -0.15) is 0 Å². The van der Waals surface area contributed by atoms with Crippen LogP contribution in [0.2, 0.25) is 0 Å². The second-order valence-electron chi connectivity index (χ2n) is 5.82. The molecule has 140 valence electrons. The average Bonchev–Trinajstić information content (AvgIpc) is 2.59. The van der Waals surface area contributed by atoms with Gasteiger partial charge in [0.05, 0.1) is 22.8 Å². The lowest BCUT2D eigenvalue weighted by atomic mass is 10.2. The van der Waals surface area contributed by atoms with Gasteiger partial charge in [0.15, 0.2) is 0 Å². The van der Waals surface area contributed by atoms with Crippen LogP contribution in [0.1, 0.15) is 38.1 Å². The maximum Gasteiger partial charge on any atom is 0.409 e. The summed E-state index contributed by atoms with van der Waals surface area (Å²) in [4.78, 5) is 17.9. The molecule has 0 bridgehead atoms. The molecular formula is C17H29N5O3. The van der Waals surface area contributed by atoms with Crippen LogP contribution in [0.4, 0.5) is 4.79 Å². The highest BCUT2D eigenvalue weighted by atomic mass is 16.6. The van der Waals surface area contributed by atoms with Crippen molar-refractivity contribution >= 4 is 11.8 Å². The molecule has 1 heterocycles. The van der Waals surface area contributed by atoms with E-state index in [4.69, 9.17) is 16.3 Å². The number of nitrogens with two attached hydrogens (primary N) is 2. The minimum atomic E-state index is -0.437. The summed E-state index contributed by atoms with van der Waals surface area (Å²) in [5.41, 5.74) is 7.90. The Morgan fingerprint density at radius 1 is 1.32 bits per heavy atom. The van der Waals surface area contributed by atoms with Crippen molar-refractivity contribution in [3.05, 3.63) is 29.2 Å². The van der Waals surface area contributed by atoms with Gasteiger partial charge in [0, 0.05) is 20.6 Å². The first-order valence-electron chi connectivity index (χ1n) is 8.35. The van der Waals surface area contributed by atoms with Gasteiger partial charge in [-0.15, -0.1) is 0 Å². The summed E-state index contributed by atoms with van der Waals surface area (Å²) in [6.07, 6.45) is 2.03. The molecule has 1 rings (SSSR count). The molecule has 0 spiro atoms. The zero-order chi connectivity index (χ0) is 19.0. The highest BCUT2D eigenvalue weighted by Crippen LogP contribution is 2.20. The number of aryl methyl sites for hydroxylation is 1. The molecule has 1 aromatic heterocycles. The lowest BCUT2D eigenvalue weighted by Crippen LogP contribution is -2.34. The molecule has 5 N–H and O–H groups in total. The number of pyridine rings is 1. The molecule has 8 heteroatoms. The molecular weight excluding hydrogens is 322 g/mol. The second kappa shape index (κ2) is 9.73. The number of likely N-dealkylation sites (N-methyl/N-ethyl adjacent to an activating group) is 1. The fraction of sp³-hybridized carbons (Fsp3) is 0.529. The molecule has 0 unspecified atom stereocenters. The average molecular weight is 351 g/mol. The highest BCUT2D eigenvalue weighted by Gasteiger charge is 2.16. The van der Waals surface area contributed by atoms with Crippen LogP contribution in [0.5, 0.6) is 5.75 Å². The molecule has 0 saturated carbocycles. The summed E-state index contributed by atoms with van der Waals surface area (Å²) in [6, 6.07) is 3.13. The number of ether oxygens (including phenoxy) is 1. The zero-order valence-corrected chi connectivity index (χ0v) is 15.5. The molecule has 1 amide bonds. The summed E-state index contributed by atoms with van der Waals surface area (Å²) in [7, 11) is 3.30. The highest BCUT2D eigenvalue weighted by molar-refractivity contribution is 5.68. The molecule has 0 aliphatic carbocycles. The lowest BCUT2D eigenvalue weighted by molar-refractivity contribution is 0.113. The number of aromatic hydroxyl groups is 1. The van der Waals surface area contributed by atoms with E-state index in [1.54, 1.807) is 20.2 Å². The second-order valence-corrected chi connectivity index (χ2v) is 5.82. The summed E-state index contributed by atoms with van der Waals surface area (Å²) < 4.78 is 5.30. The van der Waals surface area contributed by atoms with Gasteiger partial charge in [0.25, 0.3) is 0 Å². The van der Waals surface area contributed by atoms with Gasteiger partial charge >= 0.3 is 6.09 Å². The molecule has 0 aliphatic rings. The number of rotatable bonds is 8. The van der Waals surface area contributed by atoms with E-state index in [0.29, 0.717) is 35.7 Å². The van der Waals surface area contributed by atoms with E-state index in [0.717, 1.165) is 12.8 Å². The van der Waals surface area contributed by atoms with Crippen LogP contribution in [0.3, 0.4) is 0 Å². The van der Waals surface area contributed by atoms with E-state index in [1.807, 2.05) is 6.92 Å². The number of hydrogen-bond donors (Lipinski definition) is 3. The lowest BCUT2D eigenvalue weighted by Gasteiger charge is -2.22. The number of aromatic nitrogens is 1. The largest absolute Gasteiger partial charge is 0.506 e. The summed E-state index contributed by atoms with van der Waals surface area (Å²) >= 11 is 0. The van der Waals surface area contributed by atoms with Gasteiger partial charge in [0.2, 0.25) is 0 Å². The first kappa shape index (κ1) is 20.6. The fourth-order valence-corrected chi connectivity index (χ4v) is 2.15. The summed E-state index contributed by atoms with van der Waals surface area (Å²) in [5.74, 6) is 5.95. The summed E-state index contributed by atoms with van der Waals surface area (Å²) in [5, 5.41) is 11.0. The Labute approximate surface area is 149 Å². The molecule has 25 heavy (non-hydrogen) atoms. The van der Waals surface area contributed by atoms with Gasteiger partial charge < -0.3 is 25.5 Å². The Hall–Kier alpha value is -2.48. The first-order valence-corrected chi connectivity index (χ1v) is 8.35. The zero-order valence-electron chi connectivity index (χ0n) is 15.5. The number of unbranched alkanes of at least 4 members (excludes halogenated alkanes) is 1. The van der Waals surface area contributed by atoms with Crippen LogP contribution in [0.15, 0.2) is 17.8 Å². The van der Waals surface area contributed by atoms with Crippen molar-refractivity contribution in [2.75, 3.05) is 27.2 Å². The fourth-order valence-electron chi connectivity index (χ4n) is 2.15. The normalized spacial score (nSPS) is 11.7. The van der Waals surface area contributed by atoms with Crippen molar-refractivity contribution in [1.29, 1.82) is 0 Å². The smallest absolute Gasteiger partial charge is 0.409 e. The molecule has 1 aromatic rings. The van der Waals surface area contributed by atoms with Crippen molar-refractivity contribution < 1.29 is 14.6 Å². The van der Waals surface area contributed by atoms with E-state index in [1.165, 1.54) is 16.0 Å². The van der Waals surface area contributed by atoms with Crippen molar-refractivity contribution in [2.45, 2.75) is 33.1 Å². The maximum absolute atomic E-state index is 12.0. The van der Waals surface area contributed by atoms with Crippen molar-refractivity contribution in [3.63, 3.8) is 0 Å². The van der Waals surface area contributed by atoms with Crippen LogP contribution >= 0.6 is 0 Å². The molecule has 0 aliphatic heterocycles. The number of carbonyl (C=O) groups excluding carboxylic acids is 1. The van der Waals surface area contributed by atoms with Gasteiger partial charge in [-0.05, 0) is 25.0 Å². The van der Waals surface area contributed by atoms with Gasteiger partial charge in [-0.3, -0.25) is 0 Å². The van der Waals surface area contributed by atoms with E-state index >= 15 is 0 Å². The predicted octanol–water partition coefficient (Wildman–Crippen LogP) is 1.65. The topological polar surface area (TPSA) is 118 Å². The third kappa shape index (κ3) is 5.82. The number of amides is 1. The Kier molecular flexibility index (Phi) is 8.00. The third-order valence-corrected chi connectivity index (χ3v) is 3.79. The van der Waals surface area contributed by atoms with Crippen LogP contribution in [-0.4, -0.2) is 53.3 Å². The number of nitrogens with zero attached hydrogens (tertiary/aromatic N) is 3. The molecule has 0 atom stereocenters. The molecule has 8 nitrogen and oxygen atoms in total. The Bertz CT molecular complexity index is 616. The standard InChI is InChI=1S/C17H29N5O3/c1-5-7-10-21(3)17(24)25-11-14(22(4)19)16(18)13-8-9-15(23)12(6-2)20-13/h8-9,23H,5-7,10-11,18-19H2,1-4H3/b16-14-. The van der Waals surface area contributed by atoms with Crippen LogP contribution in [0, 0.1) is 0 Å². The minimum Gasteiger partial charge on any atom is -0.506 e. The van der Waals surface area contributed by atoms with Gasteiger partial charge in [0.1, 0.15) is 12.4 Å². The minimum absolute atomic E-state index is 0.0713. The van der Waals surface area contributed by atoms with Crippen molar-refractivity contribution in [2.24, 2.45) is 11.6 Å². The molecule has 0 aromatic carbocycles. The number of hydrazine groups is 1. The third-order valence-electron chi connectivity index (χ3n) is 3.79. The van der Waals surface area contributed by atoms with Crippen LogP contribution < -0.4 is 11.6 Å². The van der Waals surface area contributed by atoms with Crippen molar-refractivity contribution in [1.82, 2.24) is 14.9 Å². The molecule has 0 fully saturated rings. The molecule has 0 radical (unpaired) electrons. The van der Waals surface area contributed by atoms with E-state index < -0.39 is 6.09 Å². The van der Waals surface area contributed by atoms with Crippen LogP contribution in [0.25, 0.3) is 5.70 Å². The predicted molar refractivity (Wildman–Crippen MR) is 97.2 cm³/mol. The monoisotopic (exact) mass is 351 g/mol. The Balaban J connectivity index is 2.94. The Morgan fingerprint density at radius 3 is 2.56 bits per heavy atom. The molecule has 0 saturated heterocycles. The van der Waals surface area contributed by atoms with Gasteiger partial charge in [-0.1, -0.05) is 20.3 Å². The Morgan fingerprint density at radius 2 is 2.00 bits per heavy atom. The summed E-state index contributed by atoms with van der Waals surface area (Å²) in [6.45, 7) is 4.49. The SMILES string of the molecule is CCCCN(C)C(=O)OC/C(=C(/N)c1ccc(O)c(CC)n1)N(C)N.